The first-order valence-corrected chi connectivity index (χ1v) is 6.49. The molecule has 110 valence electrons. The van der Waals surface area contributed by atoms with Gasteiger partial charge < -0.3 is 19.5 Å². The number of hydrogen-bond donors (Lipinski definition) is 1. The molecular weight excluding hydrogens is 258 g/mol. The summed E-state index contributed by atoms with van der Waals surface area (Å²) in [5.74, 6) is 0.502. The van der Waals surface area contributed by atoms with Gasteiger partial charge in [-0.05, 0) is 37.6 Å². The standard InChI is InChI=1S/C15H21NO4/c1-5-16(6-2)14(17)8-7-11-9-12(19-3)15(18)13(10-11)20-4/h7-10,18H,5-6H2,1-4H3/b8-7+. The van der Waals surface area contributed by atoms with Crippen LogP contribution in [0.25, 0.3) is 6.08 Å². The Morgan fingerprint density at radius 3 is 2.10 bits per heavy atom. The lowest BCUT2D eigenvalue weighted by molar-refractivity contribution is -0.125. The average Bonchev–Trinajstić information content (AvgIpc) is 2.47. The lowest BCUT2D eigenvalue weighted by Gasteiger charge is -2.16. The number of likely N-dealkylation sites (N-methyl/N-ethyl adjacent to an activating group) is 1. The first-order valence-electron chi connectivity index (χ1n) is 6.49. The zero-order chi connectivity index (χ0) is 15.1. The van der Waals surface area contributed by atoms with Crippen LogP contribution >= 0.6 is 0 Å². The molecule has 0 saturated carbocycles. The van der Waals surface area contributed by atoms with Crippen LogP contribution in [0.2, 0.25) is 0 Å². The summed E-state index contributed by atoms with van der Waals surface area (Å²) < 4.78 is 10.1. The average molecular weight is 279 g/mol. The van der Waals surface area contributed by atoms with Crippen molar-refractivity contribution in [1.29, 1.82) is 0 Å². The second-order valence-electron chi connectivity index (χ2n) is 4.12. The molecule has 1 amide bonds. The number of amides is 1. The smallest absolute Gasteiger partial charge is 0.246 e. The van der Waals surface area contributed by atoms with Crippen LogP contribution in [0.5, 0.6) is 17.2 Å². The number of phenols is 1. The van der Waals surface area contributed by atoms with Gasteiger partial charge in [0, 0.05) is 19.2 Å². The molecule has 0 fully saturated rings. The highest BCUT2D eigenvalue weighted by Crippen LogP contribution is 2.37. The number of nitrogens with zero attached hydrogens (tertiary/aromatic N) is 1. The molecule has 0 aromatic heterocycles. The van der Waals surface area contributed by atoms with E-state index in [1.54, 1.807) is 23.1 Å². The van der Waals surface area contributed by atoms with Crippen molar-refractivity contribution >= 4 is 12.0 Å². The highest BCUT2D eigenvalue weighted by molar-refractivity contribution is 5.92. The predicted octanol–water partition coefficient (Wildman–Crippen LogP) is 2.29. The van der Waals surface area contributed by atoms with E-state index in [0.29, 0.717) is 24.6 Å². The van der Waals surface area contributed by atoms with Crippen molar-refractivity contribution in [2.75, 3.05) is 27.3 Å². The minimum atomic E-state index is -0.0546. The molecule has 5 heteroatoms. The molecule has 5 nitrogen and oxygen atoms in total. The first-order chi connectivity index (χ1) is 9.57. The van der Waals surface area contributed by atoms with Gasteiger partial charge in [-0.15, -0.1) is 0 Å². The Morgan fingerprint density at radius 1 is 1.20 bits per heavy atom. The number of aromatic hydroxyl groups is 1. The zero-order valence-electron chi connectivity index (χ0n) is 12.3. The van der Waals surface area contributed by atoms with E-state index < -0.39 is 0 Å². The number of ether oxygens (including phenoxy) is 2. The summed E-state index contributed by atoms with van der Waals surface area (Å²) in [5, 5.41) is 9.81. The highest BCUT2D eigenvalue weighted by atomic mass is 16.5. The van der Waals surface area contributed by atoms with Crippen LogP contribution in [0.3, 0.4) is 0 Å². The van der Waals surface area contributed by atoms with Gasteiger partial charge in [0.2, 0.25) is 11.7 Å². The number of carbonyl (C=O) groups excluding carboxylic acids is 1. The molecule has 0 saturated heterocycles. The minimum Gasteiger partial charge on any atom is -0.502 e. The van der Waals surface area contributed by atoms with Crippen molar-refractivity contribution in [3.63, 3.8) is 0 Å². The Morgan fingerprint density at radius 2 is 1.70 bits per heavy atom. The zero-order valence-corrected chi connectivity index (χ0v) is 12.3. The quantitative estimate of drug-likeness (QED) is 0.812. The summed E-state index contributed by atoms with van der Waals surface area (Å²) in [6.07, 6.45) is 3.17. The molecule has 0 atom stereocenters. The third-order valence-corrected chi connectivity index (χ3v) is 3.00. The fourth-order valence-electron chi connectivity index (χ4n) is 1.82. The van der Waals surface area contributed by atoms with Gasteiger partial charge in [-0.3, -0.25) is 4.79 Å². The van der Waals surface area contributed by atoms with E-state index in [-0.39, 0.29) is 11.7 Å². The lowest BCUT2D eigenvalue weighted by Crippen LogP contribution is -2.28. The van der Waals surface area contributed by atoms with Crippen molar-refractivity contribution in [2.45, 2.75) is 13.8 Å². The van der Waals surface area contributed by atoms with E-state index in [1.807, 2.05) is 13.8 Å². The fraction of sp³-hybridized carbons (Fsp3) is 0.400. The Balaban J connectivity index is 3.00. The largest absolute Gasteiger partial charge is 0.502 e. The molecule has 0 spiro atoms. The number of carbonyl (C=O) groups is 1. The Bertz CT molecular complexity index is 468. The van der Waals surface area contributed by atoms with E-state index in [2.05, 4.69) is 0 Å². The molecule has 1 aromatic carbocycles. The summed E-state index contributed by atoms with van der Waals surface area (Å²) in [6.45, 7) is 5.20. The summed E-state index contributed by atoms with van der Waals surface area (Å²) in [5.41, 5.74) is 0.719. The van der Waals surface area contributed by atoms with Crippen LogP contribution < -0.4 is 9.47 Å². The van der Waals surface area contributed by atoms with Crippen LogP contribution in [0.15, 0.2) is 18.2 Å². The van der Waals surface area contributed by atoms with E-state index in [4.69, 9.17) is 9.47 Å². The number of methoxy groups -OCH3 is 2. The molecule has 1 aromatic rings. The van der Waals surface area contributed by atoms with Gasteiger partial charge in [0.05, 0.1) is 14.2 Å². The van der Waals surface area contributed by atoms with Crippen LogP contribution in [0, 0.1) is 0 Å². The van der Waals surface area contributed by atoms with Gasteiger partial charge in [-0.2, -0.15) is 0 Å². The molecule has 0 aliphatic heterocycles. The first kappa shape index (κ1) is 15.9. The third-order valence-electron chi connectivity index (χ3n) is 3.00. The van der Waals surface area contributed by atoms with Crippen LogP contribution in [-0.4, -0.2) is 43.2 Å². The van der Waals surface area contributed by atoms with E-state index in [9.17, 15) is 9.90 Å². The van der Waals surface area contributed by atoms with E-state index in [0.717, 1.165) is 5.56 Å². The Kier molecular flexibility index (Phi) is 5.90. The van der Waals surface area contributed by atoms with Crippen molar-refractivity contribution in [3.8, 4) is 17.2 Å². The monoisotopic (exact) mass is 279 g/mol. The molecule has 1 N–H and O–H groups in total. The number of hydrogen-bond acceptors (Lipinski definition) is 4. The normalized spacial score (nSPS) is 10.6. The molecule has 0 aliphatic rings. The number of rotatable bonds is 6. The van der Waals surface area contributed by atoms with E-state index >= 15 is 0 Å². The summed E-state index contributed by atoms with van der Waals surface area (Å²) in [7, 11) is 2.92. The minimum absolute atomic E-state index is 0.0535. The molecule has 0 radical (unpaired) electrons. The van der Waals surface area contributed by atoms with Crippen molar-refractivity contribution in [3.05, 3.63) is 23.8 Å². The van der Waals surface area contributed by atoms with Crippen LogP contribution in [-0.2, 0) is 4.79 Å². The molecule has 0 heterocycles. The van der Waals surface area contributed by atoms with Gasteiger partial charge in [-0.1, -0.05) is 0 Å². The summed E-state index contributed by atoms with van der Waals surface area (Å²) >= 11 is 0. The maximum atomic E-state index is 11.9. The SMILES string of the molecule is CCN(CC)C(=O)/C=C/c1cc(OC)c(O)c(OC)c1. The number of phenolic OH excluding ortho intramolecular Hbond substituents is 1. The fourth-order valence-corrected chi connectivity index (χ4v) is 1.82. The second-order valence-corrected chi connectivity index (χ2v) is 4.12. The maximum Gasteiger partial charge on any atom is 0.246 e. The lowest BCUT2D eigenvalue weighted by atomic mass is 10.1. The molecule has 0 unspecified atom stereocenters. The highest BCUT2D eigenvalue weighted by Gasteiger charge is 2.10. The van der Waals surface area contributed by atoms with E-state index in [1.165, 1.54) is 20.3 Å². The van der Waals surface area contributed by atoms with Gasteiger partial charge in [0.15, 0.2) is 11.5 Å². The predicted molar refractivity (Wildman–Crippen MR) is 78.2 cm³/mol. The van der Waals surface area contributed by atoms with Crippen molar-refractivity contribution < 1.29 is 19.4 Å². The van der Waals surface area contributed by atoms with Crippen LogP contribution in [0.4, 0.5) is 0 Å². The van der Waals surface area contributed by atoms with Gasteiger partial charge >= 0.3 is 0 Å². The summed E-state index contributed by atoms with van der Waals surface area (Å²) in [4.78, 5) is 13.6. The van der Waals surface area contributed by atoms with Crippen molar-refractivity contribution in [1.82, 2.24) is 4.90 Å². The Labute approximate surface area is 119 Å². The van der Waals surface area contributed by atoms with Crippen LogP contribution in [0.1, 0.15) is 19.4 Å². The molecule has 1 rings (SSSR count). The molecule has 0 bridgehead atoms. The molecule has 0 aliphatic carbocycles. The van der Waals surface area contributed by atoms with Gasteiger partial charge in [-0.25, -0.2) is 0 Å². The Hall–Kier alpha value is -2.17. The van der Waals surface area contributed by atoms with Crippen molar-refractivity contribution in [2.24, 2.45) is 0 Å². The summed E-state index contributed by atoms with van der Waals surface area (Å²) in [6, 6.07) is 3.29. The van der Waals surface area contributed by atoms with Gasteiger partial charge in [0.1, 0.15) is 0 Å². The van der Waals surface area contributed by atoms with Gasteiger partial charge in [0.25, 0.3) is 0 Å². The maximum absolute atomic E-state index is 11.9. The molecule has 20 heavy (non-hydrogen) atoms. The second kappa shape index (κ2) is 7.43. The topological polar surface area (TPSA) is 59.0 Å². The third kappa shape index (κ3) is 3.66. The number of benzene rings is 1. The molecular formula is C15H21NO4.